The standard InChI is InChI=1S/C13H10BrClN2O/c1-8-11(6-7-12(14)16-8)17-13(18)9-4-2-3-5-10(9)15/h2-7H,1H3,(H,17,18). The predicted molar refractivity (Wildman–Crippen MR) is 76.1 cm³/mol. The van der Waals surface area contributed by atoms with Gasteiger partial charge in [0.25, 0.3) is 5.91 Å². The summed E-state index contributed by atoms with van der Waals surface area (Å²) < 4.78 is 0.732. The Morgan fingerprint density at radius 1 is 1.28 bits per heavy atom. The molecule has 2 aromatic rings. The van der Waals surface area contributed by atoms with E-state index in [9.17, 15) is 4.79 Å². The van der Waals surface area contributed by atoms with Crippen LogP contribution in [-0.2, 0) is 0 Å². The smallest absolute Gasteiger partial charge is 0.257 e. The van der Waals surface area contributed by atoms with E-state index in [0.29, 0.717) is 16.3 Å². The molecule has 1 aromatic carbocycles. The molecule has 0 spiro atoms. The average molecular weight is 326 g/mol. The third-order valence-electron chi connectivity index (χ3n) is 2.42. The minimum absolute atomic E-state index is 0.243. The fourth-order valence-electron chi connectivity index (χ4n) is 1.50. The molecule has 3 nitrogen and oxygen atoms in total. The van der Waals surface area contributed by atoms with Gasteiger partial charge in [-0.15, -0.1) is 0 Å². The Bertz CT molecular complexity index is 601. The van der Waals surface area contributed by atoms with Crippen molar-refractivity contribution in [3.8, 4) is 0 Å². The van der Waals surface area contributed by atoms with Crippen molar-refractivity contribution >= 4 is 39.1 Å². The summed E-state index contributed by atoms with van der Waals surface area (Å²) >= 11 is 9.24. The second-order valence-electron chi connectivity index (χ2n) is 3.70. The molecule has 0 aliphatic rings. The summed E-state index contributed by atoms with van der Waals surface area (Å²) in [5.41, 5.74) is 1.86. The summed E-state index contributed by atoms with van der Waals surface area (Å²) in [6.07, 6.45) is 0. The molecule has 0 atom stereocenters. The van der Waals surface area contributed by atoms with Crippen molar-refractivity contribution in [1.29, 1.82) is 0 Å². The zero-order valence-electron chi connectivity index (χ0n) is 9.58. The summed E-state index contributed by atoms with van der Waals surface area (Å²) in [5.74, 6) is -0.243. The first-order chi connectivity index (χ1) is 8.58. The Morgan fingerprint density at radius 3 is 2.67 bits per heavy atom. The molecule has 1 heterocycles. The van der Waals surface area contributed by atoms with Gasteiger partial charge in [0, 0.05) is 0 Å². The number of aromatic nitrogens is 1. The Kier molecular flexibility index (Phi) is 3.99. The molecule has 1 N–H and O–H groups in total. The fourth-order valence-corrected chi connectivity index (χ4v) is 2.12. The third-order valence-corrected chi connectivity index (χ3v) is 3.19. The van der Waals surface area contributed by atoms with Crippen molar-refractivity contribution in [2.45, 2.75) is 6.92 Å². The first kappa shape index (κ1) is 13.1. The molecule has 0 aliphatic carbocycles. The molecule has 1 aromatic heterocycles. The Hall–Kier alpha value is -1.39. The normalized spacial score (nSPS) is 10.2. The monoisotopic (exact) mass is 324 g/mol. The fraction of sp³-hybridized carbons (Fsp3) is 0.0769. The maximum absolute atomic E-state index is 12.0. The quantitative estimate of drug-likeness (QED) is 0.846. The van der Waals surface area contributed by atoms with Gasteiger partial charge in [0.15, 0.2) is 0 Å². The molecule has 0 saturated heterocycles. The van der Waals surface area contributed by atoms with E-state index in [1.807, 2.05) is 6.92 Å². The molecule has 0 fully saturated rings. The lowest BCUT2D eigenvalue weighted by Gasteiger charge is -2.08. The Morgan fingerprint density at radius 2 is 2.00 bits per heavy atom. The number of rotatable bonds is 2. The van der Waals surface area contributed by atoms with Crippen LogP contribution < -0.4 is 5.32 Å². The molecular formula is C13H10BrClN2O. The minimum atomic E-state index is -0.243. The largest absolute Gasteiger partial charge is 0.320 e. The van der Waals surface area contributed by atoms with Gasteiger partial charge < -0.3 is 5.32 Å². The number of anilines is 1. The highest BCUT2D eigenvalue weighted by molar-refractivity contribution is 9.10. The van der Waals surface area contributed by atoms with Crippen molar-refractivity contribution in [2.75, 3.05) is 5.32 Å². The maximum atomic E-state index is 12.0. The lowest BCUT2D eigenvalue weighted by molar-refractivity contribution is 0.102. The number of benzene rings is 1. The van der Waals surface area contributed by atoms with Crippen molar-refractivity contribution < 1.29 is 4.79 Å². The van der Waals surface area contributed by atoms with Crippen LogP contribution in [0.2, 0.25) is 5.02 Å². The topological polar surface area (TPSA) is 42.0 Å². The first-order valence-corrected chi connectivity index (χ1v) is 6.44. The van der Waals surface area contributed by atoms with Gasteiger partial charge in [-0.05, 0) is 47.1 Å². The Labute approximate surface area is 118 Å². The molecular weight excluding hydrogens is 316 g/mol. The van der Waals surface area contributed by atoms with Crippen LogP contribution >= 0.6 is 27.5 Å². The number of amides is 1. The zero-order valence-corrected chi connectivity index (χ0v) is 11.9. The van der Waals surface area contributed by atoms with E-state index < -0.39 is 0 Å². The van der Waals surface area contributed by atoms with E-state index in [2.05, 4.69) is 26.2 Å². The number of nitrogens with one attached hydrogen (secondary N) is 1. The van der Waals surface area contributed by atoms with Crippen LogP contribution in [-0.4, -0.2) is 10.9 Å². The van der Waals surface area contributed by atoms with E-state index in [1.54, 1.807) is 36.4 Å². The minimum Gasteiger partial charge on any atom is -0.320 e. The molecule has 2 rings (SSSR count). The van der Waals surface area contributed by atoms with Crippen LogP contribution in [0.15, 0.2) is 41.0 Å². The van der Waals surface area contributed by atoms with Crippen molar-refractivity contribution in [3.05, 3.63) is 57.3 Å². The van der Waals surface area contributed by atoms with Crippen molar-refractivity contribution in [1.82, 2.24) is 4.98 Å². The van der Waals surface area contributed by atoms with E-state index in [-0.39, 0.29) is 5.91 Å². The summed E-state index contributed by atoms with van der Waals surface area (Å²) in [5, 5.41) is 3.22. The van der Waals surface area contributed by atoms with Gasteiger partial charge in [-0.1, -0.05) is 23.7 Å². The number of carbonyl (C=O) groups is 1. The molecule has 0 unspecified atom stereocenters. The van der Waals surface area contributed by atoms with Crippen LogP contribution in [0.1, 0.15) is 16.1 Å². The van der Waals surface area contributed by atoms with Gasteiger partial charge in [-0.2, -0.15) is 0 Å². The van der Waals surface area contributed by atoms with Crippen molar-refractivity contribution in [2.24, 2.45) is 0 Å². The lowest BCUT2D eigenvalue weighted by atomic mass is 10.2. The summed E-state index contributed by atoms with van der Waals surface area (Å²) in [6.45, 7) is 1.83. The number of aryl methyl sites for hydroxylation is 1. The molecule has 0 saturated carbocycles. The summed E-state index contributed by atoms with van der Waals surface area (Å²) in [7, 11) is 0. The highest BCUT2D eigenvalue weighted by Crippen LogP contribution is 2.20. The lowest BCUT2D eigenvalue weighted by Crippen LogP contribution is -2.13. The van der Waals surface area contributed by atoms with Gasteiger partial charge in [-0.3, -0.25) is 4.79 Å². The van der Waals surface area contributed by atoms with E-state index in [4.69, 9.17) is 11.6 Å². The molecule has 92 valence electrons. The highest BCUT2D eigenvalue weighted by Gasteiger charge is 2.11. The molecule has 1 amide bonds. The van der Waals surface area contributed by atoms with Gasteiger partial charge >= 0.3 is 0 Å². The molecule has 0 bridgehead atoms. The van der Waals surface area contributed by atoms with Crippen LogP contribution in [0.3, 0.4) is 0 Å². The zero-order chi connectivity index (χ0) is 13.1. The summed E-state index contributed by atoms with van der Waals surface area (Å²) in [4.78, 5) is 16.2. The van der Waals surface area contributed by atoms with Gasteiger partial charge in [0.1, 0.15) is 4.60 Å². The second-order valence-corrected chi connectivity index (χ2v) is 4.92. The molecule has 0 aliphatic heterocycles. The number of halogens is 2. The molecule has 0 radical (unpaired) electrons. The van der Waals surface area contributed by atoms with E-state index in [0.717, 1.165) is 10.3 Å². The SMILES string of the molecule is Cc1nc(Br)ccc1NC(=O)c1ccccc1Cl. The van der Waals surface area contributed by atoms with Gasteiger partial charge in [-0.25, -0.2) is 4.98 Å². The van der Waals surface area contributed by atoms with Crippen LogP contribution in [0.4, 0.5) is 5.69 Å². The van der Waals surface area contributed by atoms with E-state index in [1.165, 1.54) is 0 Å². The highest BCUT2D eigenvalue weighted by atomic mass is 79.9. The number of nitrogens with zero attached hydrogens (tertiary/aromatic N) is 1. The van der Waals surface area contributed by atoms with Gasteiger partial charge in [0.2, 0.25) is 0 Å². The number of pyridine rings is 1. The van der Waals surface area contributed by atoms with E-state index >= 15 is 0 Å². The van der Waals surface area contributed by atoms with Crippen LogP contribution in [0, 0.1) is 6.92 Å². The second kappa shape index (κ2) is 5.50. The van der Waals surface area contributed by atoms with Gasteiger partial charge in [0.05, 0.1) is 22.0 Å². The third kappa shape index (κ3) is 2.89. The maximum Gasteiger partial charge on any atom is 0.257 e. The van der Waals surface area contributed by atoms with Crippen LogP contribution in [0.25, 0.3) is 0 Å². The summed E-state index contributed by atoms with van der Waals surface area (Å²) in [6, 6.07) is 10.5. The van der Waals surface area contributed by atoms with Crippen LogP contribution in [0.5, 0.6) is 0 Å². The average Bonchev–Trinajstić information content (AvgIpc) is 2.33. The van der Waals surface area contributed by atoms with Crippen molar-refractivity contribution in [3.63, 3.8) is 0 Å². The number of hydrogen-bond acceptors (Lipinski definition) is 2. The molecule has 18 heavy (non-hydrogen) atoms. The first-order valence-electron chi connectivity index (χ1n) is 5.27. The molecule has 5 heteroatoms. The number of carbonyl (C=O) groups excluding carboxylic acids is 1. The predicted octanol–water partition coefficient (Wildman–Crippen LogP) is 4.06. The number of hydrogen-bond donors (Lipinski definition) is 1. The Balaban J connectivity index is 2.24.